The Balaban J connectivity index is 1.70. The van der Waals surface area contributed by atoms with Crippen LogP contribution in [0.5, 0.6) is 11.5 Å². The number of aryl methyl sites for hydroxylation is 1. The molecule has 8 heteroatoms. The maximum atomic E-state index is 12.5. The van der Waals surface area contributed by atoms with Crippen molar-refractivity contribution < 1.29 is 14.3 Å². The third kappa shape index (κ3) is 4.77. The first-order valence-electron chi connectivity index (χ1n) is 8.48. The highest BCUT2D eigenvalue weighted by molar-refractivity contribution is 6.31. The van der Waals surface area contributed by atoms with Gasteiger partial charge in [0.15, 0.2) is 0 Å². The number of nitrogens with zero attached hydrogens (tertiary/aromatic N) is 2. The van der Waals surface area contributed by atoms with Crippen LogP contribution in [-0.2, 0) is 20.2 Å². The third-order valence-electron chi connectivity index (χ3n) is 4.18. The molecule has 0 atom stereocenters. The number of hydrogen-bond acceptors (Lipinski definition) is 4. The van der Waals surface area contributed by atoms with Crippen molar-refractivity contribution in [2.24, 2.45) is 7.05 Å². The fourth-order valence-corrected chi connectivity index (χ4v) is 2.98. The second kappa shape index (κ2) is 8.99. The van der Waals surface area contributed by atoms with Gasteiger partial charge in [-0.3, -0.25) is 9.48 Å². The highest BCUT2D eigenvalue weighted by Crippen LogP contribution is 2.23. The second-order valence-corrected chi connectivity index (χ2v) is 6.86. The van der Waals surface area contributed by atoms with E-state index in [2.05, 4.69) is 10.4 Å². The molecule has 0 aliphatic rings. The van der Waals surface area contributed by atoms with Gasteiger partial charge in [-0.15, -0.1) is 0 Å². The molecular weight excluding hydrogens is 401 g/mol. The van der Waals surface area contributed by atoms with Gasteiger partial charge in [-0.2, -0.15) is 5.10 Å². The molecule has 0 aliphatic heterocycles. The number of amides is 1. The number of halogens is 2. The molecule has 1 N–H and O–H groups in total. The number of carbonyl (C=O) groups is 1. The lowest BCUT2D eigenvalue weighted by Crippen LogP contribution is -2.24. The van der Waals surface area contributed by atoms with E-state index >= 15 is 0 Å². The predicted molar refractivity (Wildman–Crippen MR) is 108 cm³/mol. The highest BCUT2D eigenvalue weighted by Gasteiger charge is 2.13. The SMILES string of the molecule is COc1ccc(C(=O)NCc2c(Cl)cnn2C)cc1COc1ccc(Cl)cc1. The van der Waals surface area contributed by atoms with E-state index in [1.807, 2.05) is 0 Å². The molecule has 0 fully saturated rings. The van der Waals surface area contributed by atoms with Crippen LogP contribution in [0.15, 0.2) is 48.7 Å². The summed E-state index contributed by atoms with van der Waals surface area (Å²) < 4.78 is 12.8. The first kappa shape index (κ1) is 20.0. The van der Waals surface area contributed by atoms with Crippen LogP contribution in [0.3, 0.4) is 0 Å². The molecule has 0 saturated heterocycles. The Bertz CT molecular complexity index is 952. The molecule has 2 aromatic carbocycles. The van der Waals surface area contributed by atoms with Gasteiger partial charge in [-0.1, -0.05) is 23.2 Å². The summed E-state index contributed by atoms with van der Waals surface area (Å²) in [6, 6.07) is 12.3. The molecule has 1 aromatic heterocycles. The summed E-state index contributed by atoms with van der Waals surface area (Å²) in [5, 5.41) is 8.05. The number of nitrogens with one attached hydrogen (secondary N) is 1. The average Bonchev–Trinajstić information content (AvgIpc) is 3.03. The number of carbonyl (C=O) groups excluding carboxylic acids is 1. The Morgan fingerprint density at radius 2 is 1.93 bits per heavy atom. The van der Waals surface area contributed by atoms with Crippen LogP contribution < -0.4 is 14.8 Å². The van der Waals surface area contributed by atoms with Gasteiger partial charge in [0.1, 0.15) is 18.1 Å². The maximum absolute atomic E-state index is 12.5. The number of aromatic nitrogens is 2. The monoisotopic (exact) mass is 419 g/mol. The lowest BCUT2D eigenvalue weighted by molar-refractivity contribution is 0.0950. The minimum absolute atomic E-state index is 0.229. The number of rotatable bonds is 7. The van der Waals surface area contributed by atoms with Crippen molar-refractivity contribution in [3.63, 3.8) is 0 Å². The van der Waals surface area contributed by atoms with E-state index in [1.165, 1.54) is 0 Å². The molecule has 0 saturated carbocycles. The molecule has 3 aromatic rings. The van der Waals surface area contributed by atoms with Crippen LogP contribution in [0, 0.1) is 0 Å². The zero-order chi connectivity index (χ0) is 20.1. The highest BCUT2D eigenvalue weighted by atomic mass is 35.5. The number of hydrogen-bond donors (Lipinski definition) is 1. The van der Waals surface area contributed by atoms with E-state index < -0.39 is 0 Å². The van der Waals surface area contributed by atoms with Gasteiger partial charge in [0.2, 0.25) is 0 Å². The summed E-state index contributed by atoms with van der Waals surface area (Å²) in [6.07, 6.45) is 1.54. The number of ether oxygens (including phenoxy) is 2. The van der Waals surface area contributed by atoms with Gasteiger partial charge in [0.25, 0.3) is 5.91 Å². The van der Waals surface area contributed by atoms with Crippen LogP contribution >= 0.6 is 23.2 Å². The smallest absolute Gasteiger partial charge is 0.251 e. The maximum Gasteiger partial charge on any atom is 0.251 e. The van der Waals surface area contributed by atoms with Gasteiger partial charge in [0, 0.05) is 23.2 Å². The molecule has 28 heavy (non-hydrogen) atoms. The van der Waals surface area contributed by atoms with Crippen LogP contribution in [0.1, 0.15) is 21.6 Å². The Labute approximate surface area is 173 Å². The van der Waals surface area contributed by atoms with Crippen LogP contribution in [-0.4, -0.2) is 22.8 Å². The fourth-order valence-electron chi connectivity index (χ4n) is 2.63. The summed E-state index contributed by atoms with van der Waals surface area (Å²) >= 11 is 12.0. The first-order valence-corrected chi connectivity index (χ1v) is 9.23. The largest absolute Gasteiger partial charge is 0.496 e. The van der Waals surface area contributed by atoms with Gasteiger partial charge in [-0.05, 0) is 42.5 Å². The molecular formula is C20H19Cl2N3O3. The van der Waals surface area contributed by atoms with Crippen molar-refractivity contribution >= 4 is 29.1 Å². The zero-order valence-electron chi connectivity index (χ0n) is 15.4. The van der Waals surface area contributed by atoms with Crippen molar-refractivity contribution in [3.8, 4) is 11.5 Å². The lowest BCUT2D eigenvalue weighted by Gasteiger charge is -2.13. The topological polar surface area (TPSA) is 65.4 Å². The minimum Gasteiger partial charge on any atom is -0.496 e. The summed E-state index contributed by atoms with van der Waals surface area (Å²) in [7, 11) is 3.35. The second-order valence-electron chi connectivity index (χ2n) is 6.01. The first-order chi connectivity index (χ1) is 13.5. The zero-order valence-corrected chi connectivity index (χ0v) is 16.9. The Kier molecular flexibility index (Phi) is 6.44. The lowest BCUT2D eigenvalue weighted by atomic mass is 10.1. The summed E-state index contributed by atoms with van der Waals surface area (Å²) in [4.78, 5) is 12.5. The predicted octanol–water partition coefficient (Wildman–Crippen LogP) is 4.24. The molecule has 1 amide bonds. The number of benzene rings is 2. The minimum atomic E-state index is -0.229. The molecule has 1 heterocycles. The third-order valence-corrected chi connectivity index (χ3v) is 4.75. The van der Waals surface area contributed by atoms with Gasteiger partial charge in [0.05, 0.1) is 30.6 Å². The van der Waals surface area contributed by atoms with Crippen molar-refractivity contribution in [3.05, 3.63) is 75.5 Å². The summed E-state index contributed by atoms with van der Waals surface area (Å²) in [5.74, 6) is 1.08. The average molecular weight is 420 g/mol. The molecule has 0 aliphatic carbocycles. The van der Waals surface area contributed by atoms with E-state index in [0.29, 0.717) is 27.1 Å². The van der Waals surface area contributed by atoms with E-state index in [0.717, 1.165) is 11.3 Å². The Morgan fingerprint density at radius 1 is 1.18 bits per heavy atom. The standard InChI is InChI=1S/C20H19Cl2N3O3/c1-25-18(17(22)10-24-25)11-23-20(26)13-3-8-19(27-2)14(9-13)12-28-16-6-4-15(21)5-7-16/h3-10H,11-12H2,1-2H3,(H,23,26). The molecule has 6 nitrogen and oxygen atoms in total. The van der Waals surface area contributed by atoms with Crippen molar-refractivity contribution in [1.82, 2.24) is 15.1 Å². The van der Waals surface area contributed by atoms with E-state index in [1.54, 1.807) is 67.5 Å². The summed E-state index contributed by atoms with van der Waals surface area (Å²) in [5.41, 5.74) is 1.98. The molecule has 0 unspecified atom stereocenters. The Hall–Kier alpha value is -2.70. The van der Waals surface area contributed by atoms with E-state index in [-0.39, 0.29) is 19.1 Å². The summed E-state index contributed by atoms with van der Waals surface area (Å²) in [6.45, 7) is 0.524. The molecule has 146 valence electrons. The van der Waals surface area contributed by atoms with Gasteiger partial charge in [-0.25, -0.2) is 0 Å². The van der Waals surface area contributed by atoms with Gasteiger partial charge < -0.3 is 14.8 Å². The van der Waals surface area contributed by atoms with Gasteiger partial charge >= 0.3 is 0 Å². The molecule has 0 bridgehead atoms. The Morgan fingerprint density at radius 3 is 2.57 bits per heavy atom. The molecule has 0 radical (unpaired) electrons. The van der Waals surface area contributed by atoms with Crippen LogP contribution in [0.25, 0.3) is 0 Å². The fraction of sp³-hybridized carbons (Fsp3) is 0.200. The molecule has 0 spiro atoms. The quantitative estimate of drug-likeness (QED) is 0.621. The van der Waals surface area contributed by atoms with Crippen LogP contribution in [0.2, 0.25) is 10.0 Å². The van der Waals surface area contributed by atoms with E-state index in [9.17, 15) is 4.79 Å². The number of methoxy groups -OCH3 is 1. The van der Waals surface area contributed by atoms with Crippen LogP contribution in [0.4, 0.5) is 0 Å². The normalized spacial score (nSPS) is 10.6. The van der Waals surface area contributed by atoms with E-state index in [4.69, 9.17) is 32.7 Å². The van der Waals surface area contributed by atoms with Crippen molar-refractivity contribution in [2.75, 3.05) is 7.11 Å². The molecule has 3 rings (SSSR count). The van der Waals surface area contributed by atoms with Crippen molar-refractivity contribution in [1.29, 1.82) is 0 Å². The van der Waals surface area contributed by atoms with Crippen molar-refractivity contribution in [2.45, 2.75) is 13.2 Å².